The fourth-order valence-electron chi connectivity index (χ4n) is 2.58. The standard InChI is InChI=1S/C22H30N2O2.HI/c1-24(2,3)17-16-23-22(25)20-12-14-21(15-13-20)26-18-8-7-11-19-9-5-4-6-10-19;/h4-6,9-10,12-15H,7-8,11,16-18H2,1-3H3;1H. The van der Waals surface area contributed by atoms with Crippen LogP contribution < -0.4 is 34.0 Å². The van der Waals surface area contributed by atoms with Crippen molar-refractivity contribution in [1.29, 1.82) is 0 Å². The molecule has 5 heteroatoms. The van der Waals surface area contributed by atoms with E-state index in [-0.39, 0.29) is 29.9 Å². The predicted octanol–water partition coefficient (Wildman–Crippen LogP) is 0.528. The first-order valence-electron chi connectivity index (χ1n) is 9.29. The molecule has 0 heterocycles. The molecule has 0 aliphatic carbocycles. The van der Waals surface area contributed by atoms with Gasteiger partial charge in [0.05, 0.1) is 40.8 Å². The van der Waals surface area contributed by atoms with E-state index in [0.29, 0.717) is 18.7 Å². The number of hydrogen-bond acceptors (Lipinski definition) is 2. The van der Waals surface area contributed by atoms with Gasteiger partial charge in [-0.25, -0.2) is 0 Å². The largest absolute Gasteiger partial charge is 1.00 e. The van der Waals surface area contributed by atoms with Crippen molar-refractivity contribution >= 4 is 5.91 Å². The molecule has 0 saturated carbocycles. The zero-order chi connectivity index (χ0) is 18.8. The molecule has 4 nitrogen and oxygen atoms in total. The summed E-state index contributed by atoms with van der Waals surface area (Å²) in [5.74, 6) is 0.778. The molecule has 0 saturated heterocycles. The molecule has 0 aromatic heterocycles. The third-order valence-electron chi connectivity index (χ3n) is 4.16. The summed E-state index contributed by atoms with van der Waals surface area (Å²) in [7, 11) is 6.33. The Hall–Kier alpha value is -1.60. The molecule has 2 rings (SSSR count). The van der Waals surface area contributed by atoms with E-state index in [1.165, 1.54) is 5.56 Å². The maximum atomic E-state index is 12.1. The first kappa shape index (κ1) is 23.4. The van der Waals surface area contributed by atoms with Gasteiger partial charge in [0.1, 0.15) is 5.75 Å². The number of unbranched alkanes of at least 4 members (excludes halogenated alkanes) is 1. The minimum Gasteiger partial charge on any atom is -1.00 e. The molecule has 1 N–H and O–H groups in total. The highest BCUT2D eigenvalue weighted by atomic mass is 127. The number of nitrogens with zero attached hydrogens (tertiary/aromatic N) is 1. The van der Waals surface area contributed by atoms with Crippen molar-refractivity contribution in [3.8, 4) is 5.75 Å². The maximum absolute atomic E-state index is 12.1. The molecule has 0 atom stereocenters. The fourth-order valence-corrected chi connectivity index (χ4v) is 2.58. The lowest BCUT2D eigenvalue weighted by molar-refractivity contribution is -0.869. The highest BCUT2D eigenvalue weighted by Crippen LogP contribution is 2.13. The van der Waals surface area contributed by atoms with Gasteiger partial charge in [-0.15, -0.1) is 0 Å². The molecular formula is C22H31IN2O2. The number of nitrogens with one attached hydrogen (secondary N) is 1. The Morgan fingerprint density at radius 2 is 1.63 bits per heavy atom. The van der Waals surface area contributed by atoms with Crippen LogP contribution >= 0.6 is 0 Å². The van der Waals surface area contributed by atoms with Gasteiger partial charge in [0.15, 0.2) is 0 Å². The number of aryl methyl sites for hydroxylation is 1. The molecule has 0 aliphatic rings. The van der Waals surface area contributed by atoms with E-state index in [9.17, 15) is 4.79 Å². The molecule has 0 unspecified atom stereocenters. The second-order valence-corrected chi connectivity index (χ2v) is 7.59. The van der Waals surface area contributed by atoms with E-state index in [1.807, 2.05) is 30.3 Å². The number of ether oxygens (including phenoxy) is 1. The Labute approximate surface area is 180 Å². The van der Waals surface area contributed by atoms with Crippen LogP contribution in [-0.2, 0) is 6.42 Å². The van der Waals surface area contributed by atoms with Crippen LogP contribution in [0.3, 0.4) is 0 Å². The second-order valence-electron chi connectivity index (χ2n) is 7.59. The Morgan fingerprint density at radius 1 is 0.963 bits per heavy atom. The van der Waals surface area contributed by atoms with E-state index >= 15 is 0 Å². The van der Waals surface area contributed by atoms with Gasteiger partial charge in [0.25, 0.3) is 5.91 Å². The van der Waals surface area contributed by atoms with E-state index < -0.39 is 0 Å². The van der Waals surface area contributed by atoms with Crippen LogP contribution in [0.1, 0.15) is 28.8 Å². The van der Waals surface area contributed by atoms with Crippen molar-refractivity contribution in [3.63, 3.8) is 0 Å². The Kier molecular flexibility index (Phi) is 10.4. The summed E-state index contributed by atoms with van der Waals surface area (Å²) in [6.07, 6.45) is 3.20. The molecule has 148 valence electrons. The van der Waals surface area contributed by atoms with Gasteiger partial charge < -0.3 is 38.5 Å². The Bertz CT molecular complexity index is 667. The summed E-state index contributed by atoms with van der Waals surface area (Å²) in [6, 6.07) is 17.9. The highest BCUT2D eigenvalue weighted by Gasteiger charge is 2.09. The van der Waals surface area contributed by atoms with E-state index in [0.717, 1.165) is 36.0 Å². The minimum atomic E-state index is -0.0344. The molecule has 0 radical (unpaired) electrons. The first-order valence-corrected chi connectivity index (χ1v) is 9.29. The normalized spacial score (nSPS) is 10.8. The molecule has 27 heavy (non-hydrogen) atoms. The van der Waals surface area contributed by atoms with Gasteiger partial charge in [-0.1, -0.05) is 30.3 Å². The first-order chi connectivity index (χ1) is 12.4. The zero-order valence-electron chi connectivity index (χ0n) is 16.6. The summed E-state index contributed by atoms with van der Waals surface area (Å²) in [5.41, 5.74) is 2.04. The highest BCUT2D eigenvalue weighted by molar-refractivity contribution is 5.94. The summed E-state index contributed by atoms with van der Waals surface area (Å²) < 4.78 is 6.60. The molecule has 0 aliphatic heterocycles. The summed E-state index contributed by atoms with van der Waals surface area (Å²) in [5, 5.41) is 2.96. The van der Waals surface area contributed by atoms with Crippen molar-refractivity contribution in [2.45, 2.75) is 19.3 Å². The van der Waals surface area contributed by atoms with Crippen molar-refractivity contribution in [1.82, 2.24) is 5.32 Å². The van der Waals surface area contributed by atoms with Gasteiger partial charge in [-0.05, 0) is 49.1 Å². The summed E-state index contributed by atoms with van der Waals surface area (Å²) in [6.45, 7) is 2.26. The number of quaternary nitrogens is 1. The van der Waals surface area contributed by atoms with Crippen molar-refractivity contribution in [3.05, 3.63) is 65.7 Å². The quantitative estimate of drug-likeness (QED) is 0.305. The number of carbonyl (C=O) groups excluding carboxylic acids is 1. The average Bonchev–Trinajstić information content (AvgIpc) is 2.62. The number of hydrogen-bond donors (Lipinski definition) is 1. The number of halogens is 1. The lowest BCUT2D eigenvalue weighted by atomic mass is 10.1. The number of carbonyl (C=O) groups is 1. The fraction of sp³-hybridized carbons (Fsp3) is 0.409. The smallest absolute Gasteiger partial charge is 0.251 e. The lowest BCUT2D eigenvalue weighted by Gasteiger charge is -2.23. The molecule has 0 bridgehead atoms. The Balaban J connectivity index is 0.00000364. The average molecular weight is 482 g/mol. The molecular weight excluding hydrogens is 451 g/mol. The number of rotatable bonds is 10. The Morgan fingerprint density at radius 3 is 2.26 bits per heavy atom. The predicted molar refractivity (Wildman–Crippen MR) is 107 cm³/mol. The van der Waals surface area contributed by atoms with Crippen molar-refractivity contribution < 1.29 is 38.0 Å². The van der Waals surface area contributed by atoms with Gasteiger partial charge in [-0.3, -0.25) is 4.79 Å². The van der Waals surface area contributed by atoms with E-state index in [1.54, 1.807) is 0 Å². The summed E-state index contributed by atoms with van der Waals surface area (Å²) in [4.78, 5) is 12.1. The van der Waals surface area contributed by atoms with Crippen molar-refractivity contribution in [2.24, 2.45) is 0 Å². The maximum Gasteiger partial charge on any atom is 0.251 e. The molecule has 1 amide bonds. The third kappa shape index (κ3) is 9.77. The van der Waals surface area contributed by atoms with Crippen LogP contribution in [0, 0.1) is 0 Å². The monoisotopic (exact) mass is 482 g/mol. The van der Waals surface area contributed by atoms with Crippen molar-refractivity contribution in [2.75, 3.05) is 40.8 Å². The topological polar surface area (TPSA) is 38.3 Å². The summed E-state index contributed by atoms with van der Waals surface area (Å²) >= 11 is 0. The lowest BCUT2D eigenvalue weighted by Crippen LogP contribution is -3.00. The molecule has 2 aromatic rings. The molecule has 0 spiro atoms. The SMILES string of the molecule is C[N+](C)(C)CCNC(=O)c1ccc(OCCCCc2ccccc2)cc1.[I-]. The number of amides is 1. The number of likely N-dealkylation sites (N-methyl/N-ethyl adjacent to an activating group) is 1. The van der Waals surface area contributed by atoms with Gasteiger partial charge in [0, 0.05) is 5.56 Å². The van der Waals surface area contributed by atoms with Crippen LogP contribution in [0.15, 0.2) is 54.6 Å². The van der Waals surface area contributed by atoms with E-state index in [4.69, 9.17) is 4.74 Å². The minimum absolute atomic E-state index is 0. The van der Waals surface area contributed by atoms with Crippen LogP contribution in [0.4, 0.5) is 0 Å². The van der Waals surface area contributed by atoms with Gasteiger partial charge in [0.2, 0.25) is 0 Å². The number of benzene rings is 2. The molecule has 0 fully saturated rings. The zero-order valence-corrected chi connectivity index (χ0v) is 18.7. The third-order valence-corrected chi connectivity index (χ3v) is 4.16. The van der Waals surface area contributed by atoms with Crippen LogP contribution in [0.25, 0.3) is 0 Å². The van der Waals surface area contributed by atoms with E-state index in [2.05, 4.69) is 50.7 Å². The van der Waals surface area contributed by atoms with Gasteiger partial charge >= 0.3 is 0 Å². The van der Waals surface area contributed by atoms with Crippen LogP contribution in [0.5, 0.6) is 5.75 Å². The van der Waals surface area contributed by atoms with Gasteiger partial charge in [-0.2, -0.15) is 0 Å². The molecule has 2 aromatic carbocycles. The van der Waals surface area contributed by atoms with Crippen LogP contribution in [-0.4, -0.2) is 51.2 Å². The second kappa shape index (κ2) is 12.0. The van der Waals surface area contributed by atoms with Crippen LogP contribution in [0.2, 0.25) is 0 Å².